The minimum Gasteiger partial charge on any atom is -0.344 e. The molecule has 2 aliphatic heterocycles. The van der Waals surface area contributed by atoms with Crippen molar-refractivity contribution in [1.29, 1.82) is 0 Å². The second-order valence-corrected chi connectivity index (χ2v) is 4.81. The van der Waals surface area contributed by atoms with Crippen LogP contribution in [0.2, 0.25) is 0 Å². The van der Waals surface area contributed by atoms with E-state index in [1.807, 2.05) is 11.8 Å². The highest BCUT2D eigenvalue weighted by Crippen LogP contribution is 2.14. The fourth-order valence-electron chi connectivity index (χ4n) is 2.33. The summed E-state index contributed by atoms with van der Waals surface area (Å²) in [6.45, 7) is 5.66. The second-order valence-electron chi connectivity index (χ2n) is 4.81. The van der Waals surface area contributed by atoms with E-state index < -0.39 is 0 Å². The largest absolute Gasteiger partial charge is 0.344 e. The van der Waals surface area contributed by atoms with Gasteiger partial charge in [-0.1, -0.05) is 0 Å². The maximum absolute atomic E-state index is 12.2. The lowest BCUT2D eigenvalue weighted by atomic mass is 10.1. The molecule has 0 radical (unpaired) electrons. The molecule has 0 aromatic rings. The zero-order valence-corrected chi connectivity index (χ0v) is 11.0. The molecule has 0 aromatic carbocycles. The van der Waals surface area contributed by atoms with Crippen LogP contribution in [0, 0.1) is 0 Å². The normalized spacial score (nSPS) is 32.9. The smallest absolute Gasteiger partial charge is 0.245 e. The van der Waals surface area contributed by atoms with E-state index in [1.54, 1.807) is 0 Å². The van der Waals surface area contributed by atoms with Crippen LogP contribution in [0.4, 0.5) is 0 Å². The van der Waals surface area contributed by atoms with Gasteiger partial charge in [0.05, 0.1) is 0 Å². The van der Waals surface area contributed by atoms with Gasteiger partial charge in [-0.15, -0.1) is 12.4 Å². The Hall–Kier alpha value is -0.810. The summed E-state index contributed by atoms with van der Waals surface area (Å²) in [6, 6.07) is 0.249. The molecule has 2 rings (SSSR count). The topological polar surface area (TPSA) is 61.4 Å². The quantitative estimate of drug-likeness (QED) is 0.693. The summed E-state index contributed by atoms with van der Waals surface area (Å²) in [6.07, 6.45) is 1.12. The molecule has 17 heavy (non-hydrogen) atoms. The van der Waals surface area contributed by atoms with Crippen LogP contribution in [0.25, 0.3) is 0 Å². The van der Waals surface area contributed by atoms with Crippen LogP contribution in [0.5, 0.6) is 0 Å². The van der Waals surface area contributed by atoms with Gasteiger partial charge in [-0.05, 0) is 20.3 Å². The molecule has 98 valence electrons. The monoisotopic (exact) mass is 261 g/mol. The molecule has 0 spiro atoms. The van der Waals surface area contributed by atoms with Crippen LogP contribution < -0.4 is 10.6 Å². The fraction of sp³-hybridized carbons (Fsp3) is 0.818. The van der Waals surface area contributed by atoms with Crippen molar-refractivity contribution < 1.29 is 9.59 Å². The Kier molecular flexibility index (Phi) is 4.77. The maximum atomic E-state index is 12.2. The summed E-state index contributed by atoms with van der Waals surface area (Å²) >= 11 is 0. The molecule has 0 aliphatic carbocycles. The van der Waals surface area contributed by atoms with Crippen LogP contribution in [0.3, 0.4) is 0 Å². The fourth-order valence-corrected chi connectivity index (χ4v) is 2.33. The number of carbonyl (C=O) groups is 2. The average Bonchev–Trinajstić information content (AvgIpc) is 2.67. The van der Waals surface area contributed by atoms with E-state index in [1.165, 1.54) is 0 Å². The molecular formula is C11H20ClN3O2. The molecule has 5 nitrogen and oxygen atoms in total. The zero-order chi connectivity index (χ0) is 11.7. The molecular weight excluding hydrogens is 242 g/mol. The summed E-state index contributed by atoms with van der Waals surface area (Å²) < 4.78 is 0. The molecule has 2 N–H and O–H groups in total. The number of piperazine rings is 1. The summed E-state index contributed by atoms with van der Waals surface area (Å²) in [5, 5.41) is 6.07. The summed E-state index contributed by atoms with van der Waals surface area (Å²) in [4.78, 5) is 25.2. The van der Waals surface area contributed by atoms with Crippen LogP contribution in [-0.2, 0) is 9.59 Å². The van der Waals surface area contributed by atoms with E-state index >= 15 is 0 Å². The predicted octanol–water partition coefficient (Wildman–Crippen LogP) is -0.104. The van der Waals surface area contributed by atoms with Crippen molar-refractivity contribution in [3.8, 4) is 0 Å². The Morgan fingerprint density at radius 3 is 2.71 bits per heavy atom. The van der Waals surface area contributed by atoms with Crippen LogP contribution in [-0.4, -0.2) is 47.9 Å². The number of halogens is 1. The highest BCUT2D eigenvalue weighted by Gasteiger charge is 2.34. The SMILES string of the molecule is CC1CN(C(=O)[C@@H]2CCC(=O)N2)C(C)CN1.Cl. The van der Waals surface area contributed by atoms with Crippen LogP contribution in [0.1, 0.15) is 26.7 Å². The third kappa shape index (κ3) is 3.10. The standard InChI is InChI=1S/C11H19N3O2.ClH/c1-7-6-14(8(2)5-12-7)11(16)9-3-4-10(15)13-9;/h7-9,12H,3-6H2,1-2H3,(H,13,15);1H/t7?,8?,9-;/m0./s1. The number of carbonyl (C=O) groups excluding carboxylic acids is 2. The molecule has 2 fully saturated rings. The molecule has 6 heteroatoms. The number of rotatable bonds is 1. The number of hydrogen-bond acceptors (Lipinski definition) is 3. The second kappa shape index (κ2) is 5.69. The number of hydrogen-bond donors (Lipinski definition) is 2. The van der Waals surface area contributed by atoms with E-state index in [4.69, 9.17) is 0 Å². The molecule has 2 amide bonds. The van der Waals surface area contributed by atoms with Crippen molar-refractivity contribution in [1.82, 2.24) is 15.5 Å². The average molecular weight is 262 g/mol. The van der Waals surface area contributed by atoms with E-state index in [-0.39, 0.29) is 36.3 Å². The van der Waals surface area contributed by atoms with Gasteiger partial charge in [0, 0.05) is 31.6 Å². The number of amides is 2. The Balaban J connectivity index is 0.00000144. The minimum absolute atomic E-state index is 0. The molecule has 0 saturated carbocycles. The van der Waals surface area contributed by atoms with Crippen LogP contribution >= 0.6 is 12.4 Å². The summed E-state index contributed by atoms with van der Waals surface area (Å²) in [5.74, 6) is 0.0703. The Morgan fingerprint density at radius 1 is 1.41 bits per heavy atom. The van der Waals surface area contributed by atoms with Gasteiger partial charge in [0.2, 0.25) is 11.8 Å². The zero-order valence-electron chi connectivity index (χ0n) is 10.2. The highest BCUT2D eigenvalue weighted by atomic mass is 35.5. The number of nitrogens with one attached hydrogen (secondary N) is 2. The van der Waals surface area contributed by atoms with E-state index in [2.05, 4.69) is 17.6 Å². The molecule has 2 saturated heterocycles. The van der Waals surface area contributed by atoms with Gasteiger partial charge < -0.3 is 15.5 Å². The first-order valence-corrected chi connectivity index (χ1v) is 5.91. The van der Waals surface area contributed by atoms with Gasteiger partial charge in [0.1, 0.15) is 6.04 Å². The van der Waals surface area contributed by atoms with Gasteiger partial charge >= 0.3 is 0 Å². The molecule has 0 bridgehead atoms. The third-order valence-corrected chi connectivity index (χ3v) is 3.34. The van der Waals surface area contributed by atoms with E-state index in [0.29, 0.717) is 18.9 Å². The van der Waals surface area contributed by atoms with E-state index in [0.717, 1.165) is 13.1 Å². The van der Waals surface area contributed by atoms with Crippen molar-refractivity contribution in [2.45, 2.75) is 44.8 Å². The van der Waals surface area contributed by atoms with Gasteiger partial charge in [-0.2, -0.15) is 0 Å². The minimum atomic E-state index is -0.291. The lowest BCUT2D eigenvalue weighted by molar-refractivity contribution is -0.137. The Bertz CT molecular complexity index is 311. The van der Waals surface area contributed by atoms with Crippen molar-refractivity contribution in [3.63, 3.8) is 0 Å². The predicted molar refractivity (Wildman–Crippen MR) is 67.1 cm³/mol. The molecule has 0 aromatic heterocycles. The van der Waals surface area contributed by atoms with Gasteiger partial charge in [-0.25, -0.2) is 0 Å². The van der Waals surface area contributed by atoms with E-state index in [9.17, 15) is 9.59 Å². The summed E-state index contributed by atoms with van der Waals surface area (Å²) in [7, 11) is 0. The van der Waals surface area contributed by atoms with Gasteiger partial charge in [-0.3, -0.25) is 9.59 Å². The van der Waals surface area contributed by atoms with Crippen molar-refractivity contribution in [2.24, 2.45) is 0 Å². The highest BCUT2D eigenvalue weighted by molar-refractivity contribution is 5.91. The van der Waals surface area contributed by atoms with Crippen molar-refractivity contribution >= 4 is 24.2 Å². The van der Waals surface area contributed by atoms with Gasteiger partial charge in [0.15, 0.2) is 0 Å². The molecule has 2 unspecified atom stereocenters. The summed E-state index contributed by atoms with van der Waals surface area (Å²) in [5.41, 5.74) is 0. The Labute approximate surface area is 108 Å². The first-order chi connectivity index (χ1) is 7.58. The van der Waals surface area contributed by atoms with Gasteiger partial charge in [0.25, 0.3) is 0 Å². The van der Waals surface area contributed by atoms with Crippen molar-refractivity contribution in [3.05, 3.63) is 0 Å². The van der Waals surface area contributed by atoms with Crippen molar-refractivity contribution in [2.75, 3.05) is 13.1 Å². The maximum Gasteiger partial charge on any atom is 0.245 e. The molecule has 2 heterocycles. The lowest BCUT2D eigenvalue weighted by Gasteiger charge is -2.38. The first-order valence-electron chi connectivity index (χ1n) is 5.91. The van der Waals surface area contributed by atoms with Crippen LogP contribution in [0.15, 0.2) is 0 Å². The third-order valence-electron chi connectivity index (χ3n) is 3.34. The number of nitrogens with zero attached hydrogens (tertiary/aromatic N) is 1. The first kappa shape index (κ1) is 14.3. The molecule has 2 aliphatic rings. The lowest BCUT2D eigenvalue weighted by Crippen LogP contribution is -2.59. The molecule has 3 atom stereocenters. The Morgan fingerprint density at radius 2 is 2.12 bits per heavy atom.